The van der Waals surface area contributed by atoms with Crippen molar-refractivity contribution in [2.45, 2.75) is 0 Å². The van der Waals surface area contributed by atoms with Gasteiger partial charge in [0.05, 0.1) is 5.69 Å². The van der Waals surface area contributed by atoms with E-state index in [1.807, 2.05) is 0 Å². The van der Waals surface area contributed by atoms with E-state index in [1.165, 1.54) is 6.08 Å². The quantitative estimate of drug-likeness (QED) is 0.557. The lowest BCUT2D eigenvalue weighted by molar-refractivity contribution is 0.229. The molecule has 0 saturated carbocycles. The highest BCUT2D eigenvalue weighted by atomic mass is 16.2. The summed E-state index contributed by atoms with van der Waals surface area (Å²) in [6.45, 7) is 1.42. The van der Waals surface area contributed by atoms with E-state index in [0.717, 1.165) is 12.2 Å². The third-order valence-electron chi connectivity index (χ3n) is 2.55. The van der Waals surface area contributed by atoms with Crippen LogP contribution in [0.1, 0.15) is 0 Å². The van der Waals surface area contributed by atoms with Crippen LogP contribution in [0.3, 0.4) is 0 Å². The summed E-state index contributed by atoms with van der Waals surface area (Å²) in [6, 6.07) is 6.91. The molecule has 1 aromatic carbocycles. The van der Waals surface area contributed by atoms with Crippen LogP contribution < -0.4 is 4.90 Å². The van der Waals surface area contributed by atoms with E-state index in [0.29, 0.717) is 12.2 Å². The maximum absolute atomic E-state index is 11.7. The van der Waals surface area contributed by atoms with E-state index < -0.39 is 0 Å². The zero-order valence-corrected chi connectivity index (χ0v) is 8.88. The van der Waals surface area contributed by atoms with Gasteiger partial charge in [-0.15, -0.1) is 0 Å². The largest absolute Gasteiger partial charge is 0.326 e. The Morgan fingerprint density at radius 2 is 1.94 bits per heavy atom. The first kappa shape index (κ1) is 10.4. The predicted molar refractivity (Wildman–Crippen MR) is 59.6 cm³/mol. The SMILES string of the molecule is CN1CCN(c2ccc(N=C=O)cc2)C1=O. The lowest BCUT2D eigenvalue weighted by Gasteiger charge is -2.15. The fraction of sp³-hybridized carbons (Fsp3) is 0.273. The van der Waals surface area contributed by atoms with Crippen LogP contribution in [0.25, 0.3) is 0 Å². The Morgan fingerprint density at radius 3 is 2.44 bits per heavy atom. The molecule has 0 unspecified atom stereocenters. The fourth-order valence-electron chi connectivity index (χ4n) is 1.65. The molecule has 82 valence electrons. The smallest absolute Gasteiger partial charge is 0.324 e. The number of benzene rings is 1. The van der Waals surface area contributed by atoms with Crippen molar-refractivity contribution in [1.29, 1.82) is 0 Å². The molecule has 0 aromatic heterocycles. The van der Waals surface area contributed by atoms with E-state index in [1.54, 1.807) is 41.1 Å². The number of carbonyl (C=O) groups is 1. The van der Waals surface area contributed by atoms with Crippen molar-refractivity contribution in [1.82, 2.24) is 4.90 Å². The Balaban J connectivity index is 2.22. The molecular formula is C11H11N3O2. The molecule has 2 amide bonds. The second-order valence-electron chi connectivity index (χ2n) is 3.58. The number of carbonyl (C=O) groups excluding carboxylic acids is 2. The lowest BCUT2D eigenvalue weighted by Crippen LogP contribution is -2.28. The molecule has 2 rings (SSSR count). The second-order valence-corrected chi connectivity index (χ2v) is 3.58. The van der Waals surface area contributed by atoms with Gasteiger partial charge in [0.1, 0.15) is 0 Å². The highest BCUT2D eigenvalue weighted by Crippen LogP contribution is 2.22. The van der Waals surface area contributed by atoms with Crippen molar-refractivity contribution in [2.24, 2.45) is 4.99 Å². The molecule has 1 aliphatic rings. The summed E-state index contributed by atoms with van der Waals surface area (Å²) in [5.74, 6) is 0. The van der Waals surface area contributed by atoms with Crippen molar-refractivity contribution in [3.05, 3.63) is 24.3 Å². The predicted octanol–water partition coefficient (Wildman–Crippen LogP) is 1.53. The third kappa shape index (κ3) is 1.81. The summed E-state index contributed by atoms with van der Waals surface area (Å²) >= 11 is 0. The summed E-state index contributed by atoms with van der Waals surface area (Å²) in [6.07, 6.45) is 1.48. The Hall–Kier alpha value is -2.13. The minimum atomic E-state index is -0.00774. The van der Waals surface area contributed by atoms with Crippen LogP contribution in [0, 0.1) is 0 Å². The molecule has 0 aliphatic carbocycles. The minimum absolute atomic E-state index is 0.00774. The monoisotopic (exact) mass is 217 g/mol. The van der Waals surface area contributed by atoms with E-state index in [2.05, 4.69) is 4.99 Å². The number of amides is 2. The van der Waals surface area contributed by atoms with Gasteiger partial charge in [0.15, 0.2) is 0 Å². The molecule has 0 N–H and O–H groups in total. The van der Waals surface area contributed by atoms with Gasteiger partial charge < -0.3 is 4.90 Å². The van der Waals surface area contributed by atoms with E-state index in [4.69, 9.17) is 0 Å². The zero-order valence-electron chi connectivity index (χ0n) is 8.88. The molecule has 0 radical (unpaired) electrons. The molecule has 1 aromatic rings. The van der Waals surface area contributed by atoms with Crippen molar-refractivity contribution in [3.63, 3.8) is 0 Å². The molecule has 5 heteroatoms. The highest BCUT2D eigenvalue weighted by Gasteiger charge is 2.26. The van der Waals surface area contributed by atoms with Crippen LogP contribution >= 0.6 is 0 Å². The number of nitrogens with zero attached hydrogens (tertiary/aromatic N) is 3. The topological polar surface area (TPSA) is 53.0 Å². The summed E-state index contributed by atoms with van der Waals surface area (Å²) in [4.78, 5) is 28.6. The Labute approximate surface area is 93.0 Å². The zero-order chi connectivity index (χ0) is 11.5. The molecule has 5 nitrogen and oxygen atoms in total. The molecule has 0 atom stereocenters. The summed E-state index contributed by atoms with van der Waals surface area (Å²) in [5.41, 5.74) is 1.36. The van der Waals surface area contributed by atoms with Crippen molar-refractivity contribution >= 4 is 23.5 Å². The molecule has 1 aliphatic heterocycles. The van der Waals surface area contributed by atoms with Crippen LogP contribution in [-0.2, 0) is 4.79 Å². The van der Waals surface area contributed by atoms with Gasteiger partial charge in [-0.1, -0.05) is 0 Å². The third-order valence-corrected chi connectivity index (χ3v) is 2.55. The minimum Gasteiger partial charge on any atom is -0.326 e. The summed E-state index contributed by atoms with van der Waals surface area (Å²) in [7, 11) is 1.77. The van der Waals surface area contributed by atoms with Gasteiger partial charge >= 0.3 is 6.03 Å². The molecule has 1 saturated heterocycles. The van der Waals surface area contributed by atoms with E-state index in [-0.39, 0.29) is 6.03 Å². The Bertz CT molecular complexity index is 449. The Morgan fingerprint density at radius 1 is 1.25 bits per heavy atom. The average molecular weight is 217 g/mol. The molecule has 1 heterocycles. The molecule has 1 fully saturated rings. The van der Waals surface area contributed by atoms with Crippen LogP contribution in [0.4, 0.5) is 16.2 Å². The summed E-state index contributed by atoms with van der Waals surface area (Å²) < 4.78 is 0. The average Bonchev–Trinajstić information content (AvgIpc) is 2.62. The maximum Gasteiger partial charge on any atom is 0.324 e. The van der Waals surface area contributed by atoms with Gasteiger partial charge in [-0.2, -0.15) is 4.99 Å². The maximum atomic E-state index is 11.7. The van der Waals surface area contributed by atoms with E-state index >= 15 is 0 Å². The van der Waals surface area contributed by atoms with Gasteiger partial charge in [0.2, 0.25) is 6.08 Å². The van der Waals surface area contributed by atoms with Gasteiger partial charge in [-0.3, -0.25) is 4.90 Å². The number of anilines is 1. The van der Waals surface area contributed by atoms with Gasteiger partial charge in [0, 0.05) is 25.8 Å². The summed E-state index contributed by atoms with van der Waals surface area (Å²) in [5, 5.41) is 0. The molecule has 16 heavy (non-hydrogen) atoms. The standard InChI is InChI=1S/C11H11N3O2/c1-13-6-7-14(11(13)16)10-4-2-9(3-5-10)12-8-15/h2-5H,6-7H2,1H3. The number of aliphatic imine (C=N–C) groups is 1. The Kier molecular flexibility index (Phi) is 2.70. The van der Waals surface area contributed by atoms with Gasteiger partial charge in [-0.05, 0) is 24.3 Å². The first-order valence-corrected chi connectivity index (χ1v) is 4.93. The van der Waals surface area contributed by atoms with Gasteiger partial charge in [0.25, 0.3) is 0 Å². The second kappa shape index (κ2) is 4.16. The molecular weight excluding hydrogens is 206 g/mol. The number of urea groups is 1. The fourth-order valence-corrected chi connectivity index (χ4v) is 1.65. The lowest BCUT2D eigenvalue weighted by atomic mass is 10.2. The van der Waals surface area contributed by atoms with Gasteiger partial charge in [-0.25, -0.2) is 9.59 Å². The van der Waals surface area contributed by atoms with Crippen LogP contribution in [0.5, 0.6) is 0 Å². The van der Waals surface area contributed by atoms with Crippen LogP contribution in [0.15, 0.2) is 29.3 Å². The van der Waals surface area contributed by atoms with Crippen molar-refractivity contribution in [3.8, 4) is 0 Å². The first-order valence-electron chi connectivity index (χ1n) is 4.93. The first-order chi connectivity index (χ1) is 7.72. The van der Waals surface area contributed by atoms with E-state index in [9.17, 15) is 9.59 Å². The number of hydrogen-bond donors (Lipinski definition) is 0. The highest BCUT2D eigenvalue weighted by molar-refractivity contribution is 5.94. The van der Waals surface area contributed by atoms with Crippen molar-refractivity contribution < 1.29 is 9.59 Å². The number of hydrogen-bond acceptors (Lipinski definition) is 3. The number of rotatable bonds is 2. The normalized spacial score (nSPS) is 15.2. The van der Waals surface area contributed by atoms with Crippen LogP contribution in [0.2, 0.25) is 0 Å². The van der Waals surface area contributed by atoms with Crippen molar-refractivity contribution in [2.75, 3.05) is 25.0 Å². The van der Waals surface area contributed by atoms with Crippen LogP contribution in [-0.4, -0.2) is 37.1 Å². The number of likely N-dealkylation sites (N-methyl/N-ethyl adjacent to an activating group) is 1. The molecule has 0 bridgehead atoms. The number of isocyanates is 1. The molecule has 0 spiro atoms.